The molecule has 0 bridgehead atoms. The molecule has 0 saturated carbocycles. The summed E-state index contributed by atoms with van der Waals surface area (Å²) in [4.78, 5) is 56.3. The van der Waals surface area contributed by atoms with Crippen molar-refractivity contribution in [2.75, 3.05) is 43.8 Å². The van der Waals surface area contributed by atoms with E-state index in [1.807, 2.05) is 11.5 Å². The van der Waals surface area contributed by atoms with Gasteiger partial charge in [-0.1, -0.05) is 17.8 Å². The first-order valence-electron chi connectivity index (χ1n) is 13.9. The van der Waals surface area contributed by atoms with Crippen LogP contribution in [0, 0.1) is 0 Å². The van der Waals surface area contributed by atoms with Gasteiger partial charge in [-0.3, -0.25) is 9.59 Å². The highest BCUT2D eigenvalue weighted by atomic mass is 32.2. The Morgan fingerprint density at radius 2 is 1.83 bits per heavy atom. The number of carbonyl (C=O) groups is 4. The summed E-state index contributed by atoms with van der Waals surface area (Å²) in [5.74, 6) is -1.49. The second-order valence-electron chi connectivity index (χ2n) is 9.44. The number of fused-ring (bicyclic) bond motifs is 2. The van der Waals surface area contributed by atoms with Crippen molar-refractivity contribution in [1.82, 2.24) is 4.57 Å². The number of amides is 2. The van der Waals surface area contributed by atoms with Crippen LogP contribution in [0.25, 0.3) is 10.2 Å². The van der Waals surface area contributed by atoms with Crippen molar-refractivity contribution >= 4 is 73.4 Å². The normalized spacial score (nSPS) is 13.5. The van der Waals surface area contributed by atoms with E-state index >= 15 is 0 Å². The molecule has 0 atom stereocenters. The number of thiophene rings is 1. The fraction of sp³-hybridized carbons (Fsp3) is 0.483. The van der Waals surface area contributed by atoms with E-state index in [2.05, 4.69) is 10.3 Å². The van der Waals surface area contributed by atoms with Crippen LogP contribution in [0.15, 0.2) is 23.2 Å². The van der Waals surface area contributed by atoms with Crippen molar-refractivity contribution in [3.8, 4) is 0 Å². The fourth-order valence-electron chi connectivity index (χ4n) is 4.70. The third-order valence-electron chi connectivity index (χ3n) is 6.60. The van der Waals surface area contributed by atoms with Gasteiger partial charge in [0.15, 0.2) is 4.80 Å². The molecule has 0 saturated heterocycles. The molecule has 1 aliphatic carbocycles. The van der Waals surface area contributed by atoms with Gasteiger partial charge in [0.1, 0.15) is 5.00 Å². The minimum Gasteiger partial charge on any atom is -0.465 e. The highest BCUT2D eigenvalue weighted by molar-refractivity contribution is 8.00. The summed E-state index contributed by atoms with van der Waals surface area (Å²) in [5.41, 5.74) is 2.71. The molecule has 0 aliphatic heterocycles. The van der Waals surface area contributed by atoms with Gasteiger partial charge in [-0.05, 0) is 63.3 Å². The summed E-state index contributed by atoms with van der Waals surface area (Å²) in [7, 11) is 1.33. The maximum absolute atomic E-state index is 12.8. The Morgan fingerprint density at radius 3 is 2.60 bits per heavy atom. The first-order valence-corrected chi connectivity index (χ1v) is 16.7. The summed E-state index contributed by atoms with van der Waals surface area (Å²) in [6.07, 6.45) is 4.86. The van der Waals surface area contributed by atoms with E-state index in [4.69, 9.17) is 14.2 Å². The molecule has 42 heavy (non-hydrogen) atoms. The van der Waals surface area contributed by atoms with E-state index in [1.165, 1.54) is 29.8 Å². The highest BCUT2D eigenvalue weighted by Gasteiger charge is 2.26. The van der Waals surface area contributed by atoms with Crippen LogP contribution in [-0.2, 0) is 43.2 Å². The number of nitrogens with zero attached hydrogens (tertiary/aromatic N) is 2. The molecule has 1 aliphatic rings. The number of aryl methyl sites for hydroxylation is 1. The van der Waals surface area contributed by atoms with Crippen LogP contribution in [0.5, 0.6) is 0 Å². The van der Waals surface area contributed by atoms with Crippen LogP contribution in [0.4, 0.5) is 5.00 Å². The number of aromatic nitrogens is 1. The maximum atomic E-state index is 12.8. The topological polar surface area (TPSA) is 125 Å². The molecule has 13 heteroatoms. The van der Waals surface area contributed by atoms with Gasteiger partial charge >= 0.3 is 11.9 Å². The standard InChI is InChI=1S/C29H35N3O7S3/c1-4-38-14-13-32-20-12-11-18(27(35)37-3)15-22(20)42-29(32)31-24(34)17-40-16-23(33)30-26-25(28(36)39-5-2)19-9-7-6-8-10-21(19)41-26/h11-12,15H,4-10,13-14,16-17H2,1-3H3,(H,30,33). The molecule has 4 rings (SSSR count). The molecular weight excluding hydrogens is 599 g/mol. The number of hydrogen-bond donors (Lipinski definition) is 1. The van der Waals surface area contributed by atoms with Gasteiger partial charge in [0, 0.05) is 18.0 Å². The molecule has 0 spiro atoms. The number of hydrogen-bond acceptors (Lipinski definition) is 10. The van der Waals surface area contributed by atoms with E-state index < -0.39 is 11.9 Å². The number of thiazole rings is 1. The lowest BCUT2D eigenvalue weighted by molar-refractivity contribution is -0.115. The number of benzene rings is 1. The van der Waals surface area contributed by atoms with Crippen molar-refractivity contribution in [2.45, 2.75) is 52.5 Å². The lowest BCUT2D eigenvalue weighted by Crippen LogP contribution is -2.21. The molecule has 0 fully saturated rings. The molecule has 2 aromatic heterocycles. The number of ether oxygens (including phenoxy) is 3. The largest absolute Gasteiger partial charge is 0.465 e. The van der Waals surface area contributed by atoms with Crippen molar-refractivity contribution in [1.29, 1.82) is 0 Å². The fourth-order valence-corrected chi connectivity index (χ4v) is 7.71. The molecule has 226 valence electrons. The van der Waals surface area contributed by atoms with Crippen molar-refractivity contribution in [3.05, 3.63) is 44.6 Å². The minimum absolute atomic E-state index is 0.00616. The number of thioether (sulfide) groups is 1. The quantitative estimate of drug-likeness (QED) is 0.171. The first kappa shape index (κ1) is 31.9. The van der Waals surface area contributed by atoms with Crippen LogP contribution < -0.4 is 10.1 Å². The highest BCUT2D eigenvalue weighted by Crippen LogP contribution is 2.38. The van der Waals surface area contributed by atoms with Crippen LogP contribution in [0.3, 0.4) is 0 Å². The minimum atomic E-state index is -0.442. The Bertz CT molecular complexity index is 1520. The van der Waals surface area contributed by atoms with Crippen molar-refractivity contribution in [3.63, 3.8) is 0 Å². The second kappa shape index (κ2) is 15.5. The predicted octanol–water partition coefficient (Wildman–Crippen LogP) is 4.83. The number of rotatable bonds is 12. The van der Waals surface area contributed by atoms with Crippen molar-refractivity contribution < 1.29 is 33.4 Å². The average Bonchev–Trinajstić information content (AvgIpc) is 3.39. The van der Waals surface area contributed by atoms with Gasteiger partial charge in [0.25, 0.3) is 5.91 Å². The smallest absolute Gasteiger partial charge is 0.341 e. The average molecular weight is 634 g/mol. The zero-order chi connectivity index (χ0) is 30.1. The van der Waals surface area contributed by atoms with Crippen LogP contribution in [0.1, 0.15) is 64.3 Å². The van der Waals surface area contributed by atoms with E-state index in [-0.39, 0.29) is 29.9 Å². The third-order valence-corrected chi connectivity index (χ3v) is 9.77. The Balaban J connectivity index is 1.44. The number of anilines is 1. The molecule has 3 aromatic rings. The SMILES string of the molecule is CCOCCn1c(=NC(=O)CSCC(=O)Nc2sc3c(c2C(=O)OCC)CCCCC3)sc2cc(C(=O)OC)ccc21. The Kier molecular flexibility index (Phi) is 11.8. The zero-order valence-corrected chi connectivity index (χ0v) is 26.4. The summed E-state index contributed by atoms with van der Waals surface area (Å²) in [5, 5.41) is 3.41. The van der Waals surface area contributed by atoms with E-state index in [9.17, 15) is 19.2 Å². The van der Waals surface area contributed by atoms with Gasteiger partial charge in [-0.25, -0.2) is 9.59 Å². The monoisotopic (exact) mass is 633 g/mol. The van der Waals surface area contributed by atoms with Gasteiger partial charge in [-0.15, -0.1) is 23.1 Å². The molecule has 1 N–H and O–H groups in total. The van der Waals surface area contributed by atoms with Gasteiger partial charge in [0.2, 0.25) is 5.91 Å². The van der Waals surface area contributed by atoms with Crippen LogP contribution in [0.2, 0.25) is 0 Å². The Morgan fingerprint density at radius 1 is 1.02 bits per heavy atom. The summed E-state index contributed by atoms with van der Waals surface area (Å²) < 4.78 is 18.3. The molecule has 0 radical (unpaired) electrons. The number of carbonyl (C=O) groups excluding carboxylic acids is 4. The molecule has 10 nitrogen and oxygen atoms in total. The van der Waals surface area contributed by atoms with Gasteiger partial charge < -0.3 is 24.1 Å². The third kappa shape index (κ3) is 7.88. The van der Waals surface area contributed by atoms with Crippen molar-refractivity contribution in [2.24, 2.45) is 4.99 Å². The van der Waals surface area contributed by atoms with Gasteiger partial charge in [-0.2, -0.15) is 4.99 Å². The maximum Gasteiger partial charge on any atom is 0.341 e. The molecule has 0 unspecified atom stereocenters. The van der Waals surface area contributed by atoms with E-state index in [0.29, 0.717) is 40.7 Å². The molecular formula is C29H35N3O7S3. The lowest BCUT2D eigenvalue weighted by atomic mass is 10.1. The number of esters is 2. The number of nitrogens with one attached hydrogen (secondary N) is 1. The molecule has 2 amide bonds. The first-order chi connectivity index (χ1) is 20.4. The van der Waals surface area contributed by atoms with Crippen LogP contribution in [-0.4, -0.2) is 66.8 Å². The molecule has 1 aromatic carbocycles. The van der Waals surface area contributed by atoms with E-state index in [1.54, 1.807) is 25.1 Å². The van der Waals surface area contributed by atoms with Crippen LogP contribution >= 0.6 is 34.4 Å². The summed E-state index contributed by atoms with van der Waals surface area (Å²) in [6.45, 7) is 5.42. The Labute approximate surface area is 256 Å². The predicted molar refractivity (Wildman–Crippen MR) is 166 cm³/mol. The lowest BCUT2D eigenvalue weighted by Gasteiger charge is -2.08. The Hall–Kier alpha value is -3.00. The van der Waals surface area contributed by atoms with E-state index in [0.717, 1.165) is 64.5 Å². The molecule has 2 heterocycles. The van der Waals surface area contributed by atoms with Gasteiger partial charge in [0.05, 0.1) is 53.2 Å². The second-order valence-corrected chi connectivity index (χ2v) is 12.5. The summed E-state index contributed by atoms with van der Waals surface area (Å²) >= 11 is 3.90. The number of methoxy groups -OCH3 is 1. The summed E-state index contributed by atoms with van der Waals surface area (Å²) in [6, 6.07) is 5.21. The zero-order valence-electron chi connectivity index (χ0n) is 24.0.